The second kappa shape index (κ2) is 6.02. The maximum atomic E-state index is 13.2. The fourth-order valence-corrected chi connectivity index (χ4v) is 3.84. The lowest BCUT2D eigenvalue weighted by atomic mass is 9.88. The summed E-state index contributed by atoms with van der Waals surface area (Å²) in [6, 6.07) is 9.39. The van der Waals surface area contributed by atoms with Crippen LogP contribution in [0.25, 0.3) is 0 Å². The molecule has 6 heteroatoms. The van der Waals surface area contributed by atoms with Gasteiger partial charge >= 0.3 is 5.97 Å². The summed E-state index contributed by atoms with van der Waals surface area (Å²) in [5.41, 5.74) is 0.285. The highest BCUT2D eigenvalue weighted by Crippen LogP contribution is 2.31. The van der Waals surface area contributed by atoms with Crippen LogP contribution in [0.4, 0.5) is 0 Å². The summed E-state index contributed by atoms with van der Waals surface area (Å²) in [5.74, 6) is -0.537. The van der Waals surface area contributed by atoms with E-state index in [1.165, 1.54) is 0 Å². The number of ether oxygens (including phenoxy) is 1. The molecule has 2 aromatic rings. The quantitative estimate of drug-likeness (QED) is 0.787. The molecule has 25 heavy (non-hydrogen) atoms. The second-order valence-corrected chi connectivity index (χ2v) is 6.99. The van der Waals surface area contributed by atoms with Gasteiger partial charge in [-0.3, -0.25) is 9.48 Å². The fourth-order valence-electron chi connectivity index (χ4n) is 3.84. The van der Waals surface area contributed by atoms with Crippen LogP contribution in [0.15, 0.2) is 42.7 Å². The Morgan fingerprint density at radius 1 is 1.32 bits per heavy atom. The van der Waals surface area contributed by atoms with Crippen molar-refractivity contribution in [3.05, 3.63) is 53.9 Å². The Morgan fingerprint density at radius 2 is 2.16 bits per heavy atom. The first-order chi connectivity index (χ1) is 12.1. The first-order valence-electron chi connectivity index (χ1n) is 8.66. The average molecular weight is 339 g/mol. The minimum atomic E-state index is -1.14. The van der Waals surface area contributed by atoms with Gasteiger partial charge in [0.1, 0.15) is 0 Å². The highest BCUT2D eigenvalue weighted by Gasteiger charge is 2.45. The Morgan fingerprint density at radius 3 is 2.96 bits per heavy atom. The van der Waals surface area contributed by atoms with Gasteiger partial charge in [-0.15, -0.1) is 0 Å². The van der Waals surface area contributed by atoms with Gasteiger partial charge in [0, 0.05) is 31.9 Å². The summed E-state index contributed by atoms with van der Waals surface area (Å²) >= 11 is 0. The number of amides is 1. The van der Waals surface area contributed by atoms with Crippen LogP contribution in [-0.4, -0.2) is 45.2 Å². The number of carbonyl (C=O) groups excluding carboxylic acids is 2. The molecule has 4 rings (SSSR count). The Bertz CT molecular complexity index is 802. The van der Waals surface area contributed by atoms with Crippen LogP contribution in [0, 0.1) is 0 Å². The molecule has 2 aliphatic rings. The number of hydrogen-bond donors (Lipinski definition) is 0. The van der Waals surface area contributed by atoms with Crippen LogP contribution < -0.4 is 0 Å². The summed E-state index contributed by atoms with van der Waals surface area (Å²) < 4.78 is 7.50. The summed E-state index contributed by atoms with van der Waals surface area (Å²) in [7, 11) is 0. The maximum Gasteiger partial charge on any atom is 0.339 e. The molecule has 6 nitrogen and oxygen atoms in total. The molecule has 1 aromatic heterocycles. The molecular formula is C19H21N3O3. The minimum Gasteiger partial charge on any atom is -0.445 e. The van der Waals surface area contributed by atoms with E-state index in [0.29, 0.717) is 25.1 Å². The van der Waals surface area contributed by atoms with Crippen molar-refractivity contribution in [1.82, 2.24) is 14.7 Å². The van der Waals surface area contributed by atoms with Crippen molar-refractivity contribution >= 4 is 11.9 Å². The number of benzene rings is 1. The predicted molar refractivity (Wildman–Crippen MR) is 91.0 cm³/mol. The van der Waals surface area contributed by atoms with E-state index in [9.17, 15) is 9.59 Å². The number of nitrogens with zero attached hydrogens (tertiary/aromatic N) is 3. The molecule has 0 unspecified atom stereocenters. The van der Waals surface area contributed by atoms with E-state index in [0.717, 1.165) is 18.4 Å². The molecule has 0 bridgehead atoms. The van der Waals surface area contributed by atoms with Crippen LogP contribution >= 0.6 is 0 Å². The molecule has 0 spiro atoms. The number of fused-ring (bicyclic) bond motifs is 1. The van der Waals surface area contributed by atoms with Crippen molar-refractivity contribution in [3.8, 4) is 0 Å². The third-order valence-electron chi connectivity index (χ3n) is 5.12. The molecule has 1 saturated heterocycles. The largest absolute Gasteiger partial charge is 0.445 e. The Balaban J connectivity index is 1.55. The standard InChI is InChI=1S/C19H21N3O3/c1-19(12-14-6-2-3-8-16(14)17(23)25-19)18(24)21-10-4-7-15(13-21)22-11-5-9-20-22/h2-3,5-6,8-9,11,15H,4,7,10,12-13H2,1H3/t15-,19-/m0/s1. The van der Waals surface area contributed by atoms with Gasteiger partial charge in [0.2, 0.25) is 0 Å². The second-order valence-electron chi connectivity index (χ2n) is 6.99. The van der Waals surface area contributed by atoms with E-state index >= 15 is 0 Å². The van der Waals surface area contributed by atoms with Crippen LogP contribution in [0.2, 0.25) is 0 Å². The van der Waals surface area contributed by atoms with Crippen molar-refractivity contribution in [2.45, 2.75) is 37.8 Å². The van der Waals surface area contributed by atoms with Crippen molar-refractivity contribution in [3.63, 3.8) is 0 Å². The molecule has 1 amide bonds. The first kappa shape index (κ1) is 15.9. The van der Waals surface area contributed by atoms with Gasteiger partial charge in [-0.05, 0) is 37.5 Å². The zero-order valence-electron chi connectivity index (χ0n) is 14.2. The van der Waals surface area contributed by atoms with Gasteiger partial charge in [-0.2, -0.15) is 5.10 Å². The Kier molecular flexibility index (Phi) is 3.82. The maximum absolute atomic E-state index is 13.2. The third kappa shape index (κ3) is 2.81. The molecule has 3 heterocycles. The summed E-state index contributed by atoms with van der Waals surface area (Å²) in [4.78, 5) is 27.3. The molecule has 2 aliphatic heterocycles. The van der Waals surface area contributed by atoms with Crippen molar-refractivity contribution in [2.75, 3.05) is 13.1 Å². The van der Waals surface area contributed by atoms with Gasteiger partial charge < -0.3 is 9.64 Å². The number of carbonyl (C=O) groups is 2. The lowest BCUT2D eigenvalue weighted by molar-refractivity contribution is -0.152. The Hall–Kier alpha value is -2.63. The smallest absolute Gasteiger partial charge is 0.339 e. The van der Waals surface area contributed by atoms with E-state index in [1.807, 2.05) is 40.0 Å². The topological polar surface area (TPSA) is 64.4 Å². The Labute approximate surface area is 146 Å². The van der Waals surface area contributed by atoms with E-state index < -0.39 is 11.6 Å². The van der Waals surface area contributed by atoms with Crippen LogP contribution in [0.1, 0.15) is 41.7 Å². The number of piperidine rings is 1. The SMILES string of the molecule is C[C@@]1(C(=O)N2CCC[C@H](n3cccn3)C2)Cc2ccccc2C(=O)O1. The van der Waals surface area contributed by atoms with E-state index in [1.54, 1.807) is 19.2 Å². The van der Waals surface area contributed by atoms with Crippen molar-refractivity contribution in [1.29, 1.82) is 0 Å². The van der Waals surface area contributed by atoms with Gasteiger partial charge in [-0.25, -0.2) is 4.79 Å². The van der Waals surface area contributed by atoms with E-state index in [4.69, 9.17) is 4.74 Å². The highest BCUT2D eigenvalue weighted by molar-refractivity contribution is 5.97. The first-order valence-corrected chi connectivity index (χ1v) is 8.66. The fraction of sp³-hybridized carbons (Fsp3) is 0.421. The number of likely N-dealkylation sites (tertiary alicyclic amines) is 1. The zero-order chi connectivity index (χ0) is 17.4. The number of hydrogen-bond acceptors (Lipinski definition) is 4. The molecule has 0 saturated carbocycles. The lowest BCUT2D eigenvalue weighted by Gasteiger charge is -2.40. The summed E-state index contributed by atoms with van der Waals surface area (Å²) in [5, 5.41) is 4.30. The molecule has 2 atom stereocenters. The van der Waals surface area contributed by atoms with Crippen LogP contribution in [0.5, 0.6) is 0 Å². The number of rotatable bonds is 2. The molecule has 0 N–H and O–H groups in total. The molecule has 130 valence electrons. The average Bonchev–Trinajstić information content (AvgIpc) is 3.16. The third-order valence-corrected chi connectivity index (χ3v) is 5.12. The van der Waals surface area contributed by atoms with Crippen LogP contribution in [0.3, 0.4) is 0 Å². The number of aromatic nitrogens is 2. The number of cyclic esters (lactones) is 1. The molecule has 0 radical (unpaired) electrons. The molecule has 1 aromatic carbocycles. The van der Waals surface area contributed by atoms with Gasteiger partial charge in [0.15, 0.2) is 5.60 Å². The van der Waals surface area contributed by atoms with Crippen molar-refractivity contribution < 1.29 is 14.3 Å². The molecule has 0 aliphatic carbocycles. The van der Waals surface area contributed by atoms with E-state index in [-0.39, 0.29) is 11.9 Å². The number of esters is 1. The van der Waals surface area contributed by atoms with Gasteiger partial charge in [-0.1, -0.05) is 18.2 Å². The predicted octanol–water partition coefficient (Wildman–Crippen LogP) is 2.22. The van der Waals surface area contributed by atoms with Crippen molar-refractivity contribution in [2.24, 2.45) is 0 Å². The highest BCUT2D eigenvalue weighted by atomic mass is 16.6. The van der Waals surface area contributed by atoms with Crippen LogP contribution in [-0.2, 0) is 16.0 Å². The lowest BCUT2D eigenvalue weighted by Crippen LogP contribution is -2.55. The van der Waals surface area contributed by atoms with E-state index in [2.05, 4.69) is 5.10 Å². The minimum absolute atomic E-state index is 0.118. The van der Waals surface area contributed by atoms with Gasteiger partial charge in [0.25, 0.3) is 5.91 Å². The normalized spacial score (nSPS) is 26.0. The van der Waals surface area contributed by atoms with Gasteiger partial charge in [0.05, 0.1) is 11.6 Å². The molecular weight excluding hydrogens is 318 g/mol. The zero-order valence-corrected chi connectivity index (χ0v) is 14.2. The summed E-state index contributed by atoms with van der Waals surface area (Å²) in [6.45, 7) is 3.00. The monoisotopic (exact) mass is 339 g/mol. The summed E-state index contributed by atoms with van der Waals surface area (Å²) in [6.07, 6.45) is 6.00. The molecule has 1 fully saturated rings.